The van der Waals surface area contributed by atoms with Gasteiger partial charge in [0.2, 0.25) is 5.91 Å². The number of nitrogens with zero attached hydrogens (tertiary/aromatic N) is 2. The molecule has 1 amide bonds. The molecule has 28 heavy (non-hydrogen) atoms. The van der Waals surface area contributed by atoms with Gasteiger partial charge in [0.05, 0.1) is 18.8 Å². The van der Waals surface area contributed by atoms with Gasteiger partial charge in [-0.25, -0.2) is 0 Å². The number of hydrogen-bond acceptors (Lipinski definition) is 4. The summed E-state index contributed by atoms with van der Waals surface area (Å²) in [5.74, 6) is 1.28. The SMILES string of the molecule is CCOc1ccccc1C1C2CCCCC2(O)CCN1CC(=O)N1CCCC1. The predicted molar refractivity (Wildman–Crippen MR) is 109 cm³/mol. The van der Waals surface area contributed by atoms with E-state index in [1.807, 2.05) is 24.0 Å². The van der Waals surface area contributed by atoms with Crippen molar-refractivity contribution in [3.63, 3.8) is 0 Å². The second-order valence-electron chi connectivity index (χ2n) is 8.68. The molecule has 0 bridgehead atoms. The molecule has 154 valence electrons. The van der Waals surface area contributed by atoms with Crippen molar-refractivity contribution < 1.29 is 14.6 Å². The molecule has 3 unspecified atom stereocenters. The number of likely N-dealkylation sites (tertiary alicyclic amines) is 2. The summed E-state index contributed by atoms with van der Waals surface area (Å²) in [6, 6.07) is 8.24. The lowest BCUT2D eigenvalue weighted by molar-refractivity contribution is -0.144. The fraction of sp³-hybridized carbons (Fsp3) is 0.696. The van der Waals surface area contributed by atoms with Gasteiger partial charge in [0.15, 0.2) is 0 Å². The summed E-state index contributed by atoms with van der Waals surface area (Å²) in [6.07, 6.45) is 7.12. The maximum atomic E-state index is 12.9. The molecule has 1 aromatic rings. The molecular formula is C23H34N2O3. The van der Waals surface area contributed by atoms with E-state index in [4.69, 9.17) is 4.74 Å². The van der Waals surface area contributed by atoms with Crippen LogP contribution in [0.4, 0.5) is 0 Å². The van der Waals surface area contributed by atoms with Crippen molar-refractivity contribution in [1.82, 2.24) is 9.80 Å². The summed E-state index contributed by atoms with van der Waals surface area (Å²) in [4.78, 5) is 17.3. The molecule has 0 spiro atoms. The van der Waals surface area contributed by atoms with Gasteiger partial charge in [-0.2, -0.15) is 0 Å². The number of piperidine rings is 1. The van der Waals surface area contributed by atoms with E-state index in [0.717, 1.165) is 75.9 Å². The zero-order valence-corrected chi connectivity index (χ0v) is 17.1. The van der Waals surface area contributed by atoms with Gasteiger partial charge in [-0.05, 0) is 45.1 Å². The number of para-hydroxylation sites is 1. The lowest BCUT2D eigenvalue weighted by Gasteiger charge is -2.52. The topological polar surface area (TPSA) is 53.0 Å². The highest BCUT2D eigenvalue weighted by Crippen LogP contribution is 2.50. The van der Waals surface area contributed by atoms with E-state index in [2.05, 4.69) is 17.0 Å². The molecule has 3 atom stereocenters. The van der Waals surface area contributed by atoms with Gasteiger partial charge in [0.25, 0.3) is 0 Å². The van der Waals surface area contributed by atoms with Crippen LogP contribution >= 0.6 is 0 Å². The van der Waals surface area contributed by atoms with Crippen molar-refractivity contribution in [2.75, 3.05) is 32.8 Å². The molecule has 2 saturated heterocycles. The fourth-order valence-corrected chi connectivity index (χ4v) is 5.59. The van der Waals surface area contributed by atoms with Gasteiger partial charge in [-0.3, -0.25) is 9.69 Å². The van der Waals surface area contributed by atoms with E-state index < -0.39 is 5.60 Å². The number of carbonyl (C=O) groups is 1. The quantitative estimate of drug-likeness (QED) is 0.843. The van der Waals surface area contributed by atoms with Gasteiger partial charge in [0.1, 0.15) is 5.75 Å². The Morgan fingerprint density at radius 1 is 1.14 bits per heavy atom. The lowest BCUT2D eigenvalue weighted by Crippen LogP contribution is -2.56. The fourth-order valence-electron chi connectivity index (χ4n) is 5.59. The first kappa shape index (κ1) is 19.7. The van der Waals surface area contributed by atoms with Crippen LogP contribution in [0.15, 0.2) is 24.3 Å². The Morgan fingerprint density at radius 2 is 1.93 bits per heavy atom. The van der Waals surface area contributed by atoms with Crippen LogP contribution in [0.1, 0.15) is 63.5 Å². The molecule has 1 aliphatic carbocycles. The van der Waals surface area contributed by atoms with Gasteiger partial charge in [0, 0.05) is 37.2 Å². The summed E-state index contributed by atoms with van der Waals surface area (Å²) >= 11 is 0. The minimum atomic E-state index is -0.616. The number of hydrogen-bond donors (Lipinski definition) is 1. The zero-order valence-electron chi connectivity index (χ0n) is 17.1. The number of aliphatic hydroxyl groups is 1. The molecular weight excluding hydrogens is 352 g/mol. The third-order valence-electron chi connectivity index (χ3n) is 7.01. The predicted octanol–water partition coefficient (Wildman–Crippen LogP) is 3.38. The summed E-state index contributed by atoms with van der Waals surface area (Å²) in [7, 11) is 0. The van der Waals surface area contributed by atoms with E-state index in [9.17, 15) is 9.90 Å². The highest BCUT2D eigenvalue weighted by Gasteiger charge is 2.50. The third-order valence-corrected chi connectivity index (χ3v) is 7.01. The van der Waals surface area contributed by atoms with Crippen molar-refractivity contribution in [1.29, 1.82) is 0 Å². The maximum absolute atomic E-state index is 12.9. The molecule has 3 aliphatic rings. The smallest absolute Gasteiger partial charge is 0.236 e. The van der Waals surface area contributed by atoms with Crippen molar-refractivity contribution in [3.05, 3.63) is 29.8 Å². The first-order valence-electron chi connectivity index (χ1n) is 11.1. The lowest BCUT2D eigenvalue weighted by atomic mass is 9.66. The maximum Gasteiger partial charge on any atom is 0.236 e. The number of fused-ring (bicyclic) bond motifs is 1. The van der Waals surface area contributed by atoms with Crippen molar-refractivity contribution in [3.8, 4) is 5.75 Å². The van der Waals surface area contributed by atoms with Crippen LogP contribution in [0.5, 0.6) is 5.75 Å². The van der Waals surface area contributed by atoms with Gasteiger partial charge in [-0.15, -0.1) is 0 Å². The number of benzene rings is 1. The van der Waals surface area contributed by atoms with Crippen LogP contribution in [0.3, 0.4) is 0 Å². The highest BCUT2D eigenvalue weighted by molar-refractivity contribution is 5.78. The van der Waals surface area contributed by atoms with Crippen molar-refractivity contribution in [2.24, 2.45) is 5.92 Å². The highest BCUT2D eigenvalue weighted by atomic mass is 16.5. The Morgan fingerprint density at radius 3 is 2.71 bits per heavy atom. The number of ether oxygens (including phenoxy) is 1. The van der Waals surface area contributed by atoms with E-state index in [1.165, 1.54) is 0 Å². The minimum absolute atomic E-state index is 0.0355. The van der Waals surface area contributed by atoms with Gasteiger partial charge >= 0.3 is 0 Å². The molecule has 4 rings (SSSR count). The van der Waals surface area contributed by atoms with Crippen molar-refractivity contribution in [2.45, 2.75) is 63.5 Å². The van der Waals surface area contributed by atoms with Crippen LogP contribution in [0.25, 0.3) is 0 Å². The summed E-state index contributed by atoms with van der Waals surface area (Å²) in [6.45, 7) is 5.60. The Hall–Kier alpha value is -1.59. The summed E-state index contributed by atoms with van der Waals surface area (Å²) in [5, 5.41) is 11.4. The minimum Gasteiger partial charge on any atom is -0.494 e. The molecule has 2 heterocycles. The molecule has 1 N–H and O–H groups in total. The first-order chi connectivity index (χ1) is 13.6. The second kappa shape index (κ2) is 8.42. The van der Waals surface area contributed by atoms with Crippen LogP contribution in [0, 0.1) is 5.92 Å². The summed E-state index contributed by atoms with van der Waals surface area (Å²) < 4.78 is 5.95. The number of carbonyl (C=O) groups excluding carboxylic acids is 1. The van der Waals surface area contributed by atoms with Crippen molar-refractivity contribution >= 4 is 5.91 Å². The first-order valence-corrected chi connectivity index (χ1v) is 11.1. The standard InChI is InChI=1S/C23H34N2O3/c1-2-28-20-11-4-3-9-18(20)22-19-10-5-6-12-23(19,27)13-16-25(22)17-21(26)24-14-7-8-15-24/h3-4,9,11,19,22,27H,2,5-8,10,12-17H2,1H3. The van der Waals surface area contributed by atoms with Gasteiger partial charge in [-0.1, -0.05) is 31.0 Å². The molecule has 2 aliphatic heterocycles. The van der Waals surface area contributed by atoms with E-state index in [-0.39, 0.29) is 17.9 Å². The normalized spacial score (nSPS) is 30.9. The van der Waals surface area contributed by atoms with Crippen LogP contribution in [0.2, 0.25) is 0 Å². The molecule has 3 fully saturated rings. The summed E-state index contributed by atoms with van der Waals surface area (Å²) in [5.41, 5.74) is 0.513. The molecule has 1 saturated carbocycles. The Bertz CT molecular complexity index is 688. The van der Waals surface area contributed by atoms with E-state index in [1.54, 1.807) is 0 Å². The molecule has 1 aromatic carbocycles. The zero-order chi connectivity index (χ0) is 19.6. The van der Waals surface area contributed by atoms with Crippen LogP contribution in [-0.4, -0.2) is 59.2 Å². The largest absolute Gasteiger partial charge is 0.494 e. The Labute approximate surface area is 168 Å². The van der Waals surface area contributed by atoms with E-state index in [0.29, 0.717) is 13.2 Å². The Kier molecular flexibility index (Phi) is 5.93. The van der Waals surface area contributed by atoms with E-state index >= 15 is 0 Å². The van der Waals surface area contributed by atoms with Gasteiger partial charge < -0.3 is 14.7 Å². The van der Waals surface area contributed by atoms with Crippen LogP contribution < -0.4 is 4.74 Å². The molecule has 0 aromatic heterocycles. The molecule has 5 heteroatoms. The van der Waals surface area contributed by atoms with Crippen LogP contribution in [-0.2, 0) is 4.79 Å². The molecule has 5 nitrogen and oxygen atoms in total. The third kappa shape index (κ3) is 3.79. The second-order valence-corrected chi connectivity index (χ2v) is 8.68. The average molecular weight is 387 g/mol. The number of rotatable bonds is 5. The monoisotopic (exact) mass is 386 g/mol. The number of amides is 1. The molecule has 0 radical (unpaired) electrons. The average Bonchev–Trinajstić information content (AvgIpc) is 3.24. The Balaban J connectivity index is 1.65.